The van der Waals surface area contributed by atoms with E-state index in [1.807, 2.05) is 0 Å². The number of rotatable bonds is 22. The van der Waals surface area contributed by atoms with Crippen LogP contribution in [-0.4, -0.2) is 126 Å². The smallest absolute Gasteiger partial charge is 0.325 e. The van der Waals surface area contributed by atoms with Crippen LogP contribution in [0.15, 0.2) is 4.99 Å². The largest absolute Gasteiger partial charge is 0.480 e. The first-order valence-electron chi connectivity index (χ1n) is 16.3. The molecule has 0 unspecified atom stereocenters. The highest BCUT2D eigenvalue weighted by atomic mass is 16.4. The normalized spacial score (nSPS) is 17.5. The van der Waals surface area contributed by atoms with E-state index in [9.17, 15) is 38.7 Å². The number of guanidine groups is 1. The summed E-state index contributed by atoms with van der Waals surface area (Å²) in [6.45, 7) is 4.17. The molecule has 15 N–H and O–H groups in total. The molecule has 0 spiro atoms. The predicted molar refractivity (Wildman–Crippen MR) is 177 cm³/mol. The summed E-state index contributed by atoms with van der Waals surface area (Å²) in [6.07, 6.45) is 3.18. The monoisotopic (exact) mass is 699 g/mol. The number of nitrogens with zero attached hydrogens (tertiary/aromatic N) is 1. The van der Waals surface area contributed by atoms with Crippen molar-refractivity contribution >= 4 is 47.4 Å². The molecule has 0 radical (unpaired) electrons. The fourth-order valence-corrected chi connectivity index (χ4v) is 4.64. The molecular formula is C29H53N11O9. The molecule has 1 saturated heterocycles. The first kappa shape index (κ1) is 42.5. The lowest BCUT2D eigenvalue weighted by atomic mass is 10.1. The Morgan fingerprint density at radius 2 is 1.24 bits per heavy atom. The standard InChI is InChI=1S/C29H53N11O9/c1-15(22(42)37-17(3)28(48)49)36-27(47)21(14-41)40-23(43)16(2)35-25(45)20(10-7-13-34-29(31)32)39-26(46)19(8-4-5-11-30)38-24(44)18-9-6-12-33-18/h15-21,33,41H,4-14,30H2,1-3H3,(H,35,45)(H,36,47)(H,37,42)(H,38,44)(H,39,46)(H,40,43)(H,48,49)(H4,31,32,34)/t15-,16-,17-,18-,19-,20-,21-/m0/s1. The van der Waals surface area contributed by atoms with Crippen LogP contribution < -0.4 is 54.4 Å². The van der Waals surface area contributed by atoms with Crippen molar-refractivity contribution in [3.8, 4) is 0 Å². The van der Waals surface area contributed by atoms with Gasteiger partial charge in [-0.25, -0.2) is 0 Å². The van der Waals surface area contributed by atoms with E-state index in [-0.39, 0.29) is 37.7 Å². The van der Waals surface area contributed by atoms with Crippen LogP contribution in [0.5, 0.6) is 0 Å². The molecule has 6 amide bonds. The maximum atomic E-state index is 13.4. The van der Waals surface area contributed by atoms with Gasteiger partial charge in [0.2, 0.25) is 35.4 Å². The zero-order valence-corrected chi connectivity index (χ0v) is 28.3. The molecule has 0 aromatic carbocycles. The van der Waals surface area contributed by atoms with E-state index < -0.39 is 84.4 Å². The molecule has 20 nitrogen and oxygen atoms in total. The van der Waals surface area contributed by atoms with Gasteiger partial charge in [0.05, 0.1) is 12.6 Å². The number of hydrogen-bond acceptors (Lipinski definition) is 11. The topological polar surface area (TPSA) is 335 Å². The number of carboxylic acid groups (broad SMARTS) is 1. The second kappa shape index (κ2) is 22.1. The van der Waals surface area contributed by atoms with E-state index in [1.54, 1.807) is 0 Å². The summed E-state index contributed by atoms with van der Waals surface area (Å²) < 4.78 is 0. The molecule has 49 heavy (non-hydrogen) atoms. The highest BCUT2D eigenvalue weighted by Gasteiger charge is 2.32. The van der Waals surface area contributed by atoms with Crippen LogP contribution in [0.25, 0.3) is 0 Å². The number of amides is 6. The minimum absolute atomic E-state index is 0.0540. The quantitative estimate of drug-likeness (QED) is 0.0286. The molecule has 0 aromatic rings. The highest BCUT2D eigenvalue weighted by molar-refractivity contribution is 5.96. The maximum absolute atomic E-state index is 13.4. The summed E-state index contributed by atoms with van der Waals surface area (Å²) in [5.41, 5.74) is 16.4. The van der Waals surface area contributed by atoms with Crippen LogP contribution >= 0.6 is 0 Å². The van der Waals surface area contributed by atoms with Crippen molar-refractivity contribution in [2.45, 2.75) is 108 Å². The molecule has 7 atom stereocenters. The number of carboxylic acids is 1. The minimum Gasteiger partial charge on any atom is -0.480 e. The van der Waals surface area contributed by atoms with Gasteiger partial charge in [0.25, 0.3) is 0 Å². The number of hydrogen-bond donors (Lipinski definition) is 12. The van der Waals surface area contributed by atoms with Gasteiger partial charge in [0.1, 0.15) is 36.3 Å². The van der Waals surface area contributed by atoms with Gasteiger partial charge in [-0.15, -0.1) is 0 Å². The number of nitrogens with two attached hydrogens (primary N) is 3. The minimum atomic E-state index is -1.53. The Labute approximate surface area is 284 Å². The fraction of sp³-hybridized carbons (Fsp3) is 0.724. The molecule has 1 rings (SSSR count). The van der Waals surface area contributed by atoms with Gasteiger partial charge in [-0.05, 0) is 78.8 Å². The Bertz CT molecular complexity index is 1180. The molecule has 1 aliphatic rings. The van der Waals surface area contributed by atoms with E-state index in [1.165, 1.54) is 20.8 Å². The lowest BCUT2D eigenvalue weighted by Crippen LogP contribution is -2.59. The molecular weight excluding hydrogens is 646 g/mol. The zero-order valence-electron chi connectivity index (χ0n) is 28.3. The Morgan fingerprint density at radius 3 is 1.78 bits per heavy atom. The number of carbonyl (C=O) groups is 7. The van der Waals surface area contributed by atoms with Crippen molar-refractivity contribution in [3.63, 3.8) is 0 Å². The third-order valence-electron chi connectivity index (χ3n) is 7.58. The number of nitrogens with one attached hydrogen (secondary N) is 7. The van der Waals surface area contributed by atoms with Gasteiger partial charge in [-0.3, -0.25) is 38.6 Å². The number of aliphatic carboxylic acids is 1. The average molecular weight is 700 g/mol. The molecule has 278 valence electrons. The molecule has 0 saturated carbocycles. The van der Waals surface area contributed by atoms with E-state index in [4.69, 9.17) is 22.3 Å². The second-order valence-corrected chi connectivity index (χ2v) is 11.8. The molecule has 1 aliphatic heterocycles. The first-order valence-corrected chi connectivity index (χ1v) is 16.3. The summed E-state index contributed by atoms with van der Waals surface area (Å²) in [5.74, 6) is -5.78. The lowest BCUT2D eigenvalue weighted by molar-refractivity contribution is -0.141. The van der Waals surface area contributed by atoms with Gasteiger partial charge in [0, 0.05) is 6.54 Å². The van der Waals surface area contributed by atoms with Crippen LogP contribution in [0, 0.1) is 0 Å². The molecule has 0 aliphatic carbocycles. The Morgan fingerprint density at radius 1 is 0.735 bits per heavy atom. The van der Waals surface area contributed by atoms with Crippen LogP contribution in [0.4, 0.5) is 0 Å². The Kier molecular flexibility index (Phi) is 19.2. The summed E-state index contributed by atoms with van der Waals surface area (Å²) in [6, 6.07) is -7.80. The average Bonchev–Trinajstić information content (AvgIpc) is 3.59. The maximum Gasteiger partial charge on any atom is 0.325 e. The SMILES string of the molecule is C[C@H](NC(=O)[C@H](C)NC(=O)[C@H](CO)NC(=O)[C@H](C)NC(=O)[C@H](CCCN=C(N)N)NC(=O)[C@H](CCCCN)NC(=O)[C@@H]1CCCN1)C(=O)O. The van der Waals surface area contributed by atoms with Crippen LogP contribution in [0.3, 0.4) is 0 Å². The third-order valence-corrected chi connectivity index (χ3v) is 7.58. The number of aliphatic hydroxyl groups is 1. The second-order valence-electron chi connectivity index (χ2n) is 11.8. The molecule has 20 heteroatoms. The van der Waals surface area contributed by atoms with Gasteiger partial charge >= 0.3 is 5.97 Å². The summed E-state index contributed by atoms with van der Waals surface area (Å²) >= 11 is 0. The molecule has 1 fully saturated rings. The van der Waals surface area contributed by atoms with Crippen molar-refractivity contribution in [2.24, 2.45) is 22.2 Å². The van der Waals surface area contributed by atoms with Gasteiger partial charge in [-0.2, -0.15) is 0 Å². The highest BCUT2D eigenvalue weighted by Crippen LogP contribution is 2.09. The van der Waals surface area contributed by atoms with Gasteiger partial charge in [-0.1, -0.05) is 0 Å². The lowest BCUT2D eigenvalue weighted by Gasteiger charge is -2.26. The summed E-state index contributed by atoms with van der Waals surface area (Å²) in [5, 5.41) is 36.4. The molecule has 1 heterocycles. The van der Waals surface area contributed by atoms with Crippen molar-refractivity contribution in [1.29, 1.82) is 0 Å². The number of carbonyl (C=O) groups excluding carboxylic acids is 6. The number of unbranched alkanes of at least 4 members (excludes halogenated alkanes) is 1. The number of aliphatic hydroxyl groups excluding tert-OH is 1. The van der Waals surface area contributed by atoms with E-state index in [0.29, 0.717) is 32.4 Å². The predicted octanol–water partition coefficient (Wildman–Crippen LogP) is -5.03. The van der Waals surface area contributed by atoms with Gasteiger partial charge < -0.3 is 64.6 Å². The van der Waals surface area contributed by atoms with E-state index in [0.717, 1.165) is 6.42 Å². The third kappa shape index (κ3) is 15.9. The van der Waals surface area contributed by atoms with Crippen molar-refractivity contribution in [1.82, 2.24) is 37.2 Å². The first-order chi connectivity index (χ1) is 23.1. The van der Waals surface area contributed by atoms with Crippen LogP contribution in [-0.2, 0) is 33.6 Å². The summed E-state index contributed by atoms with van der Waals surface area (Å²) in [7, 11) is 0. The molecule has 0 bridgehead atoms. The Balaban J connectivity index is 2.96. The fourth-order valence-electron chi connectivity index (χ4n) is 4.64. The van der Waals surface area contributed by atoms with Crippen LogP contribution in [0.1, 0.15) is 65.7 Å². The van der Waals surface area contributed by atoms with E-state index in [2.05, 4.69) is 42.2 Å². The Hall–Kier alpha value is -4.56. The summed E-state index contributed by atoms with van der Waals surface area (Å²) in [4.78, 5) is 92.2. The van der Waals surface area contributed by atoms with Crippen molar-refractivity contribution in [3.05, 3.63) is 0 Å². The van der Waals surface area contributed by atoms with Gasteiger partial charge in [0.15, 0.2) is 5.96 Å². The number of aliphatic imine (C=N–C) groups is 1. The molecule has 0 aromatic heterocycles. The van der Waals surface area contributed by atoms with Crippen LogP contribution in [0.2, 0.25) is 0 Å². The van der Waals surface area contributed by atoms with Crippen molar-refractivity contribution in [2.75, 3.05) is 26.2 Å². The van der Waals surface area contributed by atoms with E-state index >= 15 is 0 Å². The van der Waals surface area contributed by atoms with Crippen molar-refractivity contribution < 1.29 is 43.8 Å². The zero-order chi connectivity index (χ0) is 37.1.